The molecule has 0 saturated heterocycles. The molecule has 0 bridgehead atoms. The third kappa shape index (κ3) is 6.12. The van der Waals surface area contributed by atoms with Gasteiger partial charge in [0.15, 0.2) is 0 Å². The maximum atomic E-state index is 12.8. The summed E-state index contributed by atoms with van der Waals surface area (Å²) in [6.07, 6.45) is 7.26. The molecule has 2 aliphatic rings. The number of allylic oxidation sites excluding steroid dienone is 2. The Hall–Kier alpha value is -5.10. The van der Waals surface area contributed by atoms with Gasteiger partial charge in [0.05, 0.1) is 33.5 Å². The highest BCUT2D eigenvalue weighted by Gasteiger charge is 2.36. The van der Waals surface area contributed by atoms with Gasteiger partial charge in [-0.1, -0.05) is 96.1 Å². The molecule has 0 aliphatic heterocycles. The van der Waals surface area contributed by atoms with Crippen molar-refractivity contribution in [1.82, 2.24) is 9.97 Å². The fourth-order valence-electron chi connectivity index (χ4n) is 7.90. The van der Waals surface area contributed by atoms with Crippen molar-refractivity contribution >= 4 is 57.0 Å². The molecule has 0 radical (unpaired) electrons. The zero-order valence-electron chi connectivity index (χ0n) is 29.7. The number of aromatic nitrogens is 2. The lowest BCUT2D eigenvalue weighted by Crippen LogP contribution is -2.28. The first-order valence-corrected chi connectivity index (χ1v) is 17.5. The number of carbonyl (C=O) groups is 2. The van der Waals surface area contributed by atoms with Crippen LogP contribution in [0.3, 0.4) is 0 Å². The number of rotatable bonds is 4. The molecule has 6 heteroatoms. The number of pyridine rings is 2. The van der Waals surface area contributed by atoms with Gasteiger partial charge in [-0.05, 0) is 112 Å². The van der Waals surface area contributed by atoms with Crippen LogP contribution in [0.2, 0.25) is 0 Å². The van der Waals surface area contributed by atoms with Crippen LogP contribution >= 0.6 is 0 Å². The van der Waals surface area contributed by atoms with Crippen LogP contribution in [0.5, 0.6) is 0 Å². The van der Waals surface area contributed by atoms with Crippen molar-refractivity contribution in [3.05, 3.63) is 118 Å². The Morgan fingerprint density at radius 3 is 1.38 bits per heavy atom. The van der Waals surface area contributed by atoms with Gasteiger partial charge in [0, 0.05) is 10.8 Å². The Morgan fingerprint density at radius 1 is 0.600 bits per heavy atom. The number of benzene rings is 3. The Labute approximate surface area is 293 Å². The first kappa shape index (κ1) is 33.4. The first-order valence-electron chi connectivity index (χ1n) is 17.5. The number of hydrogen-bond acceptors (Lipinski definition) is 4. The van der Waals surface area contributed by atoms with E-state index in [9.17, 15) is 19.8 Å². The van der Waals surface area contributed by atoms with Gasteiger partial charge in [0.1, 0.15) is 0 Å². The second-order valence-electron chi connectivity index (χ2n) is 16.2. The zero-order chi connectivity index (χ0) is 35.5. The van der Waals surface area contributed by atoms with Crippen LogP contribution in [0, 0.1) is 22.7 Å². The van der Waals surface area contributed by atoms with E-state index in [0.29, 0.717) is 45.8 Å². The van der Waals surface area contributed by atoms with E-state index in [4.69, 9.17) is 9.97 Å². The Balaban J connectivity index is 1.38. The van der Waals surface area contributed by atoms with Crippen molar-refractivity contribution in [2.45, 2.75) is 67.2 Å². The average Bonchev–Trinajstić information content (AvgIpc) is 3.05. The van der Waals surface area contributed by atoms with Crippen molar-refractivity contribution in [3.8, 4) is 0 Å². The minimum atomic E-state index is -0.920. The van der Waals surface area contributed by atoms with E-state index in [1.165, 1.54) is 0 Å². The van der Waals surface area contributed by atoms with Crippen molar-refractivity contribution in [1.29, 1.82) is 0 Å². The molecule has 2 atom stereocenters. The summed E-state index contributed by atoms with van der Waals surface area (Å²) < 4.78 is 0. The van der Waals surface area contributed by atoms with Gasteiger partial charge < -0.3 is 10.2 Å². The van der Waals surface area contributed by atoms with E-state index in [-0.39, 0.29) is 22.7 Å². The maximum Gasteiger partial charge on any atom is 0.336 e. The molecule has 0 saturated carbocycles. The highest BCUT2D eigenvalue weighted by Crippen LogP contribution is 2.46. The second-order valence-corrected chi connectivity index (χ2v) is 16.2. The van der Waals surface area contributed by atoms with Crippen molar-refractivity contribution in [2.24, 2.45) is 22.7 Å². The summed E-state index contributed by atoms with van der Waals surface area (Å²) in [5.74, 6) is -1.36. The molecule has 0 spiro atoms. The molecule has 7 rings (SSSR count). The molecule has 0 unspecified atom stereocenters. The summed E-state index contributed by atoms with van der Waals surface area (Å²) in [7, 11) is 0. The molecule has 50 heavy (non-hydrogen) atoms. The van der Waals surface area contributed by atoms with Crippen LogP contribution in [-0.4, -0.2) is 32.1 Å². The van der Waals surface area contributed by atoms with E-state index in [1.54, 1.807) is 0 Å². The summed E-state index contributed by atoms with van der Waals surface area (Å²) in [5.41, 5.74) is 9.28. The highest BCUT2D eigenvalue weighted by molar-refractivity contribution is 6.07. The molecular formula is C44H44N2O4. The predicted octanol–water partition coefficient (Wildman–Crippen LogP) is 10.5. The van der Waals surface area contributed by atoms with Crippen LogP contribution in [0.25, 0.3) is 45.1 Å². The minimum Gasteiger partial charge on any atom is -0.478 e. The third-order valence-electron chi connectivity index (χ3n) is 10.9. The van der Waals surface area contributed by atoms with Crippen LogP contribution in [-0.2, 0) is 12.8 Å². The fourth-order valence-corrected chi connectivity index (χ4v) is 7.90. The number of nitrogens with zero attached hydrogens (tertiary/aromatic N) is 2. The van der Waals surface area contributed by atoms with Gasteiger partial charge in [-0.25, -0.2) is 19.6 Å². The van der Waals surface area contributed by atoms with Crippen molar-refractivity contribution < 1.29 is 19.8 Å². The molecule has 2 N–H and O–H groups in total. The van der Waals surface area contributed by atoms with E-state index < -0.39 is 11.9 Å². The lowest BCUT2D eigenvalue weighted by molar-refractivity contribution is 0.0685. The van der Waals surface area contributed by atoms with Crippen LogP contribution < -0.4 is 0 Å². The number of para-hydroxylation sites is 2. The predicted molar refractivity (Wildman–Crippen MR) is 202 cm³/mol. The molecule has 3 aromatic carbocycles. The Kier molecular flexibility index (Phi) is 8.25. The molecule has 2 aromatic heterocycles. The quantitative estimate of drug-likeness (QED) is 0.198. The monoisotopic (exact) mass is 664 g/mol. The summed E-state index contributed by atoms with van der Waals surface area (Å²) in [4.78, 5) is 35.7. The number of hydrogen-bond donors (Lipinski definition) is 2. The molecule has 0 fully saturated rings. The maximum absolute atomic E-state index is 12.8. The number of carboxylic acids is 2. The lowest BCUT2D eigenvalue weighted by atomic mass is 9.68. The smallest absolute Gasteiger partial charge is 0.336 e. The molecule has 254 valence electrons. The van der Waals surface area contributed by atoms with Gasteiger partial charge >= 0.3 is 11.9 Å². The SMILES string of the molecule is CC(C)(C)[C@H]1C/C(=C\c2cccc(/C=C3\C[C@H](C(C)(C)C)Cc4c3nc3ccccc3c4C(=O)O)c2)c2nc3ccccc3c(C(=O)O)c2C1. The number of fused-ring (bicyclic) bond motifs is 4. The summed E-state index contributed by atoms with van der Waals surface area (Å²) in [6, 6.07) is 23.4. The van der Waals surface area contributed by atoms with E-state index in [0.717, 1.165) is 57.6 Å². The molecule has 6 nitrogen and oxygen atoms in total. The standard InChI is InChI=1S/C44H44N2O4/c1-43(2,3)29-21-27(39-33(23-29)37(41(47)48)31-14-7-9-16-35(31)45-39)19-25-12-11-13-26(18-25)20-28-22-30(44(4,5)6)24-34-38(42(49)50)32-15-8-10-17-36(32)46-40(28)34/h7-20,29-30H,21-24H2,1-6H3,(H,47,48)(H,49,50)/b27-19+,28-20+/t29-,30-/m0/s1. The van der Waals surface area contributed by atoms with E-state index >= 15 is 0 Å². The number of aromatic carboxylic acids is 2. The number of carboxylic acid groups (broad SMARTS) is 2. The van der Waals surface area contributed by atoms with Crippen molar-refractivity contribution in [3.63, 3.8) is 0 Å². The molecule has 2 aliphatic carbocycles. The normalized spacial score (nSPS) is 19.5. The minimum absolute atomic E-state index is 0.0333. The van der Waals surface area contributed by atoms with E-state index in [1.807, 2.05) is 54.6 Å². The summed E-state index contributed by atoms with van der Waals surface area (Å²) in [6.45, 7) is 13.3. The fraction of sp³-hybridized carbons (Fsp3) is 0.318. The molecule has 0 amide bonds. The second kappa shape index (κ2) is 12.3. The van der Waals surface area contributed by atoms with Crippen molar-refractivity contribution in [2.75, 3.05) is 0 Å². The Bertz CT molecular complexity index is 2110. The molecular weight excluding hydrogens is 620 g/mol. The highest BCUT2D eigenvalue weighted by atomic mass is 16.4. The summed E-state index contributed by atoms with van der Waals surface area (Å²) in [5, 5.41) is 22.3. The van der Waals surface area contributed by atoms with Crippen LogP contribution in [0.1, 0.15) is 109 Å². The Morgan fingerprint density at radius 2 is 1.00 bits per heavy atom. The molecule has 2 heterocycles. The summed E-state index contributed by atoms with van der Waals surface area (Å²) >= 11 is 0. The zero-order valence-corrected chi connectivity index (χ0v) is 29.7. The third-order valence-corrected chi connectivity index (χ3v) is 10.9. The first-order chi connectivity index (χ1) is 23.7. The van der Waals surface area contributed by atoms with Gasteiger partial charge in [-0.15, -0.1) is 0 Å². The van der Waals surface area contributed by atoms with Gasteiger partial charge in [0.25, 0.3) is 0 Å². The van der Waals surface area contributed by atoms with E-state index in [2.05, 4.69) is 71.9 Å². The van der Waals surface area contributed by atoms with Gasteiger partial charge in [-0.2, -0.15) is 0 Å². The van der Waals surface area contributed by atoms with Gasteiger partial charge in [0.2, 0.25) is 0 Å². The van der Waals surface area contributed by atoms with Crippen LogP contribution in [0.4, 0.5) is 0 Å². The van der Waals surface area contributed by atoms with Gasteiger partial charge in [-0.3, -0.25) is 0 Å². The van der Waals surface area contributed by atoms with Crippen LogP contribution in [0.15, 0.2) is 72.8 Å². The average molecular weight is 665 g/mol. The lowest BCUT2D eigenvalue weighted by Gasteiger charge is -2.36. The topological polar surface area (TPSA) is 100 Å². The molecule has 5 aromatic rings. The largest absolute Gasteiger partial charge is 0.478 e.